The normalized spacial score (nSPS) is 16.5. The Bertz CT molecular complexity index is 1440. The van der Waals surface area contributed by atoms with Crippen LogP contribution >= 0.6 is 0 Å². The number of rotatable bonds is 12. The van der Waals surface area contributed by atoms with E-state index in [9.17, 15) is 14.4 Å². The summed E-state index contributed by atoms with van der Waals surface area (Å²) in [5.41, 5.74) is 2.97. The molecule has 0 unspecified atom stereocenters. The second kappa shape index (κ2) is 16.4. The summed E-state index contributed by atoms with van der Waals surface area (Å²) < 4.78 is 12.5. The maximum atomic E-state index is 14.3. The summed E-state index contributed by atoms with van der Waals surface area (Å²) in [6.45, 7) is 12.3. The van der Waals surface area contributed by atoms with Crippen LogP contribution in [0.4, 0.5) is 4.79 Å². The molecule has 3 amide bonds. The molecular weight excluding hydrogens is 625 g/mol. The SMILES string of the molecule is CC(C)(C)OC(=O)N[C@@H](CNOCc1ccccc1)C(=O)N[C@H]1CCCCN(O[Si](c2ccccc2)(c2ccccc2)C(C)(C)C)C1=O. The van der Waals surface area contributed by atoms with Gasteiger partial charge in [0.2, 0.25) is 5.91 Å². The van der Waals surface area contributed by atoms with Crippen LogP contribution in [0.15, 0.2) is 91.0 Å². The largest absolute Gasteiger partial charge is 0.444 e. The van der Waals surface area contributed by atoms with E-state index in [1.807, 2.05) is 66.7 Å². The van der Waals surface area contributed by atoms with E-state index in [1.165, 1.54) is 5.06 Å². The lowest BCUT2D eigenvalue weighted by Crippen LogP contribution is -2.69. The van der Waals surface area contributed by atoms with Crippen LogP contribution in [0.5, 0.6) is 0 Å². The van der Waals surface area contributed by atoms with Crippen LogP contribution < -0.4 is 26.5 Å². The summed E-state index contributed by atoms with van der Waals surface area (Å²) in [6, 6.07) is 27.9. The van der Waals surface area contributed by atoms with E-state index in [1.54, 1.807) is 20.8 Å². The summed E-state index contributed by atoms with van der Waals surface area (Å²) in [5, 5.41) is 8.77. The number of carbonyl (C=O) groups excluding carboxylic acids is 3. The van der Waals surface area contributed by atoms with Crippen molar-refractivity contribution in [2.75, 3.05) is 13.1 Å². The molecule has 3 N–H and O–H groups in total. The first kappa shape index (κ1) is 36.8. The summed E-state index contributed by atoms with van der Waals surface area (Å²) in [4.78, 5) is 46.3. The maximum absolute atomic E-state index is 14.3. The molecule has 1 aliphatic heterocycles. The van der Waals surface area contributed by atoms with E-state index < -0.39 is 38.0 Å². The van der Waals surface area contributed by atoms with Gasteiger partial charge in [0.25, 0.3) is 14.2 Å². The highest BCUT2D eigenvalue weighted by atomic mass is 28.4. The first-order valence-corrected chi connectivity index (χ1v) is 18.5. The van der Waals surface area contributed by atoms with Crippen molar-refractivity contribution in [2.24, 2.45) is 0 Å². The monoisotopic (exact) mass is 674 g/mol. The van der Waals surface area contributed by atoms with Gasteiger partial charge in [-0.3, -0.25) is 14.4 Å². The Morgan fingerprint density at radius 1 is 0.854 bits per heavy atom. The summed E-state index contributed by atoms with van der Waals surface area (Å²) in [6.07, 6.45) is 1.10. The molecule has 0 aromatic heterocycles. The van der Waals surface area contributed by atoms with Crippen LogP contribution in [0.3, 0.4) is 0 Å². The van der Waals surface area contributed by atoms with Crippen LogP contribution in [0.1, 0.15) is 66.4 Å². The van der Waals surface area contributed by atoms with E-state index >= 15 is 0 Å². The van der Waals surface area contributed by atoms with E-state index in [0.29, 0.717) is 25.8 Å². The molecular formula is C37H50N4O6Si. The first-order chi connectivity index (χ1) is 22.8. The average molecular weight is 675 g/mol. The van der Waals surface area contributed by atoms with E-state index in [0.717, 1.165) is 15.9 Å². The molecule has 0 bridgehead atoms. The fraction of sp³-hybridized carbons (Fsp3) is 0.432. The molecule has 1 aliphatic rings. The third-order valence-corrected chi connectivity index (χ3v) is 13.0. The molecule has 11 heteroatoms. The Hall–Kier alpha value is -4.03. The standard InChI is InChI=1S/C37H50N4O6Si/c1-36(2,3)46-35(44)40-32(26-38-45-27-28-18-10-7-11-19-28)33(42)39-31-24-16-17-25-41(34(31)43)47-48(37(4,5)6,29-20-12-8-13-21-29)30-22-14-9-15-23-30/h7-15,18-23,31-32,38H,16-17,24-27H2,1-6H3,(H,39,42)(H,40,44)/t31-,32-/m0/s1. The zero-order chi connectivity index (χ0) is 34.8. The van der Waals surface area contributed by atoms with Gasteiger partial charge >= 0.3 is 6.09 Å². The van der Waals surface area contributed by atoms with Gasteiger partial charge in [0.1, 0.15) is 17.7 Å². The highest BCUT2D eigenvalue weighted by Gasteiger charge is 2.53. The lowest BCUT2D eigenvalue weighted by Gasteiger charge is -2.45. The van der Waals surface area contributed by atoms with Crippen LogP contribution in [-0.4, -0.2) is 62.1 Å². The van der Waals surface area contributed by atoms with E-state index in [-0.39, 0.29) is 24.1 Å². The van der Waals surface area contributed by atoms with E-state index in [2.05, 4.69) is 61.2 Å². The van der Waals surface area contributed by atoms with Gasteiger partial charge in [0, 0.05) is 6.54 Å². The number of hydroxylamine groups is 3. The summed E-state index contributed by atoms with van der Waals surface area (Å²) in [5.74, 6) is -0.861. The van der Waals surface area contributed by atoms with Gasteiger partial charge in [0.15, 0.2) is 0 Å². The minimum absolute atomic E-state index is 0.0545. The van der Waals surface area contributed by atoms with Crippen molar-refractivity contribution in [3.05, 3.63) is 96.6 Å². The molecule has 0 spiro atoms. The predicted octanol–water partition coefficient (Wildman–Crippen LogP) is 4.59. The number of hydrogen-bond donors (Lipinski definition) is 3. The summed E-state index contributed by atoms with van der Waals surface area (Å²) >= 11 is 0. The molecule has 3 aromatic rings. The molecule has 1 fully saturated rings. The molecule has 0 aliphatic carbocycles. The smallest absolute Gasteiger partial charge is 0.408 e. The molecule has 10 nitrogen and oxygen atoms in total. The topological polar surface area (TPSA) is 118 Å². The number of amides is 3. The van der Waals surface area contributed by atoms with Crippen LogP contribution in [0.2, 0.25) is 5.04 Å². The third kappa shape index (κ3) is 9.76. The average Bonchev–Trinajstić information content (AvgIpc) is 3.21. The van der Waals surface area contributed by atoms with Crippen molar-refractivity contribution in [2.45, 2.75) is 90.1 Å². The number of hydrogen-bond acceptors (Lipinski definition) is 7. The Kier molecular flexibility index (Phi) is 12.6. The molecule has 48 heavy (non-hydrogen) atoms. The molecule has 2 atom stereocenters. The maximum Gasteiger partial charge on any atom is 0.408 e. The third-order valence-electron chi connectivity index (χ3n) is 8.11. The molecule has 258 valence electrons. The van der Waals surface area contributed by atoms with Crippen molar-refractivity contribution >= 4 is 36.6 Å². The van der Waals surface area contributed by atoms with Gasteiger partial charge in [-0.15, -0.1) is 0 Å². The van der Waals surface area contributed by atoms with Gasteiger partial charge < -0.3 is 19.9 Å². The van der Waals surface area contributed by atoms with Crippen molar-refractivity contribution in [1.29, 1.82) is 0 Å². The van der Waals surface area contributed by atoms with Crippen molar-refractivity contribution in [3.63, 3.8) is 0 Å². The second-order valence-electron chi connectivity index (χ2n) is 14.1. The van der Waals surface area contributed by atoms with E-state index in [4.69, 9.17) is 14.1 Å². The molecule has 1 saturated heterocycles. The first-order valence-electron chi connectivity index (χ1n) is 16.6. The minimum Gasteiger partial charge on any atom is -0.444 e. The van der Waals surface area contributed by atoms with Gasteiger partial charge in [-0.25, -0.2) is 9.86 Å². The highest BCUT2D eigenvalue weighted by Crippen LogP contribution is 2.37. The Balaban J connectivity index is 1.55. The van der Waals surface area contributed by atoms with Gasteiger partial charge in [-0.05, 0) is 61.0 Å². The Morgan fingerprint density at radius 2 is 1.42 bits per heavy atom. The number of carbonyl (C=O) groups is 3. The number of nitrogens with zero attached hydrogens (tertiary/aromatic N) is 1. The highest BCUT2D eigenvalue weighted by molar-refractivity contribution is 6.99. The lowest BCUT2D eigenvalue weighted by atomic mass is 10.1. The molecule has 0 saturated carbocycles. The van der Waals surface area contributed by atoms with Crippen molar-refractivity contribution < 1.29 is 28.5 Å². The van der Waals surface area contributed by atoms with Crippen molar-refractivity contribution in [1.82, 2.24) is 21.2 Å². The lowest BCUT2D eigenvalue weighted by molar-refractivity contribution is -0.161. The molecule has 4 rings (SSSR count). The number of benzene rings is 3. The number of alkyl carbamates (subject to hydrolysis) is 1. The predicted molar refractivity (Wildman–Crippen MR) is 189 cm³/mol. The second-order valence-corrected chi connectivity index (χ2v) is 18.3. The quantitative estimate of drug-likeness (QED) is 0.146. The molecule has 3 aromatic carbocycles. The molecule has 0 radical (unpaired) electrons. The van der Waals surface area contributed by atoms with Gasteiger partial charge in [0.05, 0.1) is 13.2 Å². The fourth-order valence-corrected chi connectivity index (χ4v) is 10.2. The van der Waals surface area contributed by atoms with Gasteiger partial charge in [-0.2, -0.15) is 5.48 Å². The number of ether oxygens (including phenoxy) is 1. The summed E-state index contributed by atoms with van der Waals surface area (Å²) in [7, 11) is -3.09. The van der Waals surface area contributed by atoms with Gasteiger partial charge in [-0.1, -0.05) is 112 Å². The zero-order valence-corrected chi connectivity index (χ0v) is 30.0. The fourth-order valence-electron chi connectivity index (χ4n) is 5.80. The Morgan fingerprint density at radius 3 is 1.96 bits per heavy atom. The van der Waals surface area contributed by atoms with Crippen LogP contribution in [-0.2, 0) is 30.3 Å². The zero-order valence-electron chi connectivity index (χ0n) is 29.0. The number of nitrogens with one attached hydrogen (secondary N) is 3. The Labute approximate surface area is 285 Å². The van der Waals surface area contributed by atoms with Crippen molar-refractivity contribution in [3.8, 4) is 0 Å². The molecule has 1 heterocycles. The minimum atomic E-state index is -3.09. The van der Waals surface area contributed by atoms with Crippen LogP contribution in [0, 0.1) is 0 Å². The van der Waals surface area contributed by atoms with Crippen LogP contribution in [0.25, 0.3) is 0 Å².